The fraction of sp³-hybridized carbons (Fsp3) is 1.00. The fourth-order valence-corrected chi connectivity index (χ4v) is 2.23. The molecule has 0 aliphatic rings. The van der Waals surface area contributed by atoms with Gasteiger partial charge >= 0.3 is 0 Å². The average molecular weight is 203 g/mol. The molecule has 13 heavy (non-hydrogen) atoms. The van der Waals surface area contributed by atoms with Crippen molar-refractivity contribution in [1.82, 2.24) is 5.32 Å². The zero-order valence-corrected chi connectivity index (χ0v) is 10.7. The number of hydrogen-bond acceptors (Lipinski definition) is 2. The number of nitrogens with one attached hydrogen (secondary N) is 1. The molecule has 1 N–H and O–H groups in total. The lowest BCUT2D eigenvalue weighted by Gasteiger charge is -2.25. The molecule has 2 heteroatoms. The topological polar surface area (TPSA) is 12.0 Å². The summed E-state index contributed by atoms with van der Waals surface area (Å²) in [6.45, 7) is 13.5. The van der Waals surface area contributed by atoms with Gasteiger partial charge in [-0.2, -0.15) is 11.8 Å². The highest BCUT2D eigenvalue weighted by molar-refractivity contribution is 7.99. The van der Waals surface area contributed by atoms with E-state index in [0.29, 0.717) is 12.1 Å². The van der Waals surface area contributed by atoms with E-state index in [1.54, 1.807) is 0 Å². The molecule has 0 aromatic rings. The predicted molar refractivity (Wildman–Crippen MR) is 64.5 cm³/mol. The maximum atomic E-state index is 3.61. The molecule has 0 aliphatic heterocycles. The molecule has 0 aliphatic carbocycles. The number of thioether (sulfide) groups is 1. The van der Waals surface area contributed by atoms with Crippen LogP contribution in [0.2, 0.25) is 0 Å². The molecule has 0 heterocycles. The molecular weight excluding hydrogens is 178 g/mol. The SMILES string of the molecule is CC(C)NC(CSC(C)C)C(C)C. The zero-order valence-electron chi connectivity index (χ0n) is 9.92. The zero-order chi connectivity index (χ0) is 10.4. The third-order valence-electron chi connectivity index (χ3n) is 1.96. The maximum absolute atomic E-state index is 3.61. The van der Waals surface area contributed by atoms with Crippen molar-refractivity contribution in [2.75, 3.05) is 5.75 Å². The molecule has 0 aromatic carbocycles. The lowest BCUT2D eigenvalue weighted by molar-refractivity contribution is 0.401. The molecule has 0 spiro atoms. The van der Waals surface area contributed by atoms with Gasteiger partial charge in [0.1, 0.15) is 0 Å². The third kappa shape index (κ3) is 7.39. The Bertz CT molecular complexity index is 121. The molecule has 0 saturated carbocycles. The van der Waals surface area contributed by atoms with Crippen LogP contribution in [0, 0.1) is 5.92 Å². The lowest BCUT2D eigenvalue weighted by atomic mass is 10.1. The summed E-state index contributed by atoms with van der Waals surface area (Å²) in [4.78, 5) is 0. The molecule has 0 saturated heterocycles. The highest BCUT2D eigenvalue weighted by Crippen LogP contribution is 2.15. The Morgan fingerprint density at radius 3 is 1.85 bits per heavy atom. The first-order chi connectivity index (χ1) is 5.93. The van der Waals surface area contributed by atoms with Crippen molar-refractivity contribution in [3.63, 3.8) is 0 Å². The number of hydrogen-bond donors (Lipinski definition) is 1. The van der Waals surface area contributed by atoms with Gasteiger partial charge in [-0.05, 0) is 11.2 Å². The summed E-state index contributed by atoms with van der Waals surface area (Å²) in [7, 11) is 0. The van der Waals surface area contributed by atoms with E-state index < -0.39 is 0 Å². The van der Waals surface area contributed by atoms with Crippen molar-refractivity contribution < 1.29 is 0 Å². The van der Waals surface area contributed by atoms with Crippen molar-refractivity contribution in [3.8, 4) is 0 Å². The van der Waals surface area contributed by atoms with Gasteiger partial charge in [0.25, 0.3) is 0 Å². The highest BCUT2D eigenvalue weighted by Gasteiger charge is 2.14. The van der Waals surface area contributed by atoms with Gasteiger partial charge in [-0.15, -0.1) is 0 Å². The van der Waals surface area contributed by atoms with Crippen LogP contribution in [0.5, 0.6) is 0 Å². The minimum atomic E-state index is 0.597. The predicted octanol–water partition coefficient (Wildman–Crippen LogP) is 3.15. The number of rotatable bonds is 6. The van der Waals surface area contributed by atoms with Gasteiger partial charge in [-0.1, -0.05) is 41.5 Å². The van der Waals surface area contributed by atoms with Crippen molar-refractivity contribution in [1.29, 1.82) is 0 Å². The van der Waals surface area contributed by atoms with Gasteiger partial charge < -0.3 is 5.32 Å². The van der Waals surface area contributed by atoms with Gasteiger partial charge in [0.2, 0.25) is 0 Å². The van der Waals surface area contributed by atoms with E-state index in [4.69, 9.17) is 0 Å². The summed E-state index contributed by atoms with van der Waals surface area (Å²) in [5.74, 6) is 1.96. The molecule has 0 aromatic heterocycles. The van der Waals surface area contributed by atoms with Crippen molar-refractivity contribution in [2.24, 2.45) is 5.92 Å². The summed E-state index contributed by atoms with van der Waals surface area (Å²) in [5.41, 5.74) is 0. The summed E-state index contributed by atoms with van der Waals surface area (Å²) in [5, 5.41) is 4.36. The molecule has 0 rings (SSSR count). The normalized spacial score (nSPS) is 14.5. The average Bonchev–Trinajstić information content (AvgIpc) is 1.96. The molecule has 1 nitrogen and oxygen atoms in total. The highest BCUT2D eigenvalue weighted by atomic mass is 32.2. The first-order valence-corrected chi connectivity index (χ1v) is 6.36. The van der Waals surface area contributed by atoms with Crippen LogP contribution in [0.25, 0.3) is 0 Å². The molecule has 0 bridgehead atoms. The van der Waals surface area contributed by atoms with Crippen LogP contribution >= 0.6 is 11.8 Å². The van der Waals surface area contributed by atoms with Crippen LogP contribution in [0.1, 0.15) is 41.5 Å². The third-order valence-corrected chi connectivity index (χ3v) is 3.18. The Labute approximate surface area is 88.1 Å². The summed E-state index contributed by atoms with van der Waals surface area (Å²) < 4.78 is 0. The maximum Gasteiger partial charge on any atom is 0.0183 e. The Morgan fingerprint density at radius 1 is 1.00 bits per heavy atom. The Kier molecular flexibility index (Phi) is 6.88. The molecule has 0 fully saturated rings. The first-order valence-electron chi connectivity index (χ1n) is 5.31. The van der Waals surface area contributed by atoms with Gasteiger partial charge in [0.15, 0.2) is 0 Å². The van der Waals surface area contributed by atoms with Crippen LogP contribution in [-0.2, 0) is 0 Å². The Balaban J connectivity index is 3.81. The van der Waals surface area contributed by atoms with Gasteiger partial charge in [-0.3, -0.25) is 0 Å². The van der Waals surface area contributed by atoms with E-state index in [1.807, 2.05) is 11.8 Å². The first kappa shape index (κ1) is 13.3. The summed E-state index contributed by atoms with van der Waals surface area (Å²) in [6.07, 6.45) is 0. The van der Waals surface area contributed by atoms with Gasteiger partial charge in [-0.25, -0.2) is 0 Å². The monoisotopic (exact) mass is 203 g/mol. The molecule has 0 radical (unpaired) electrons. The molecule has 1 atom stereocenters. The fourth-order valence-electron chi connectivity index (χ4n) is 1.16. The lowest BCUT2D eigenvalue weighted by Crippen LogP contribution is -2.40. The quantitative estimate of drug-likeness (QED) is 0.712. The van der Waals surface area contributed by atoms with Crippen LogP contribution in [0.15, 0.2) is 0 Å². The summed E-state index contributed by atoms with van der Waals surface area (Å²) in [6, 6.07) is 1.26. The second-order valence-corrected chi connectivity index (χ2v) is 6.16. The van der Waals surface area contributed by atoms with Crippen molar-refractivity contribution in [2.45, 2.75) is 58.9 Å². The minimum absolute atomic E-state index is 0.597. The van der Waals surface area contributed by atoms with E-state index >= 15 is 0 Å². The van der Waals surface area contributed by atoms with Gasteiger partial charge in [0.05, 0.1) is 0 Å². The van der Waals surface area contributed by atoms with Crippen LogP contribution in [0.3, 0.4) is 0 Å². The van der Waals surface area contributed by atoms with E-state index in [0.717, 1.165) is 11.2 Å². The van der Waals surface area contributed by atoms with Crippen molar-refractivity contribution >= 4 is 11.8 Å². The van der Waals surface area contributed by atoms with E-state index in [2.05, 4.69) is 46.9 Å². The standard InChI is InChI=1S/C11H25NS/c1-8(2)11(12-9(3)4)7-13-10(5)6/h8-12H,7H2,1-6H3. The molecule has 80 valence electrons. The summed E-state index contributed by atoms with van der Waals surface area (Å²) >= 11 is 2.05. The molecule has 1 unspecified atom stereocenters. The Hall–Kier alpha value is 0.310. The van der Waals surface area contributed by atoms with Crippen LogP contribution in [0.4, 0.5) is 0 Å². The molecule has 0 amide bonds. The minimum Gasteiger partial charge on any atom is -0.311 e. The second-order valence-electron chi connectivity index (χ2n) is 4.55. The van der Waals surface area contributed by atoms with E-state index in [1.165, 1.54) is 5.75 Å². The van der Waals surface area contributed by atoms with E-state index in [9.17, 15) is 0 Å². The largest absolute Gasteiger partial charge is 0.311 e. The smallest absolute Gasteiger partial charge is 0.0183 e. The van der Waals surface area contributed by atoms with Crippen molar-refractivity contribution in [3.05, 3.63) is 0 Å². The Morgan fingerprint density at radius 2 is 1.54 bits per heavy atom. The van der Waals surface area contributed by atoms with E-state index in [-0.39, 0.29) is 0 Å². The van der Waals surface area contributed by atoms with Crippen LogP contribution in [-0.4, -0.2) is 23.1 Å². The van der Waals surface area contributed by atoms with Crippen LogP contribution < -0.4 is 5.32 Å². The second kappa shape index (κ2) is 6.72. The molecular formula is C11H25NS. The van der Waals surface area contributed by atoms with Gasteiger partial charge in [0, 0.05) is 17.8 Å².